The lowest BCUT2D eigenvalue weighted by Gasteiger charge is -2.24. The minimum Gasteiger partial charge on any atom is -0.475 e. The molecule has 0 amide bonds. The van der Waals surface area contributed by atoms with Gasteiger partial charge in [0.05, 0.1) is 0 Å². The van der Waals surface area contributed by atoms with Gasteiger partial charge in [-0.1, -0.05) is 13.8 Å². The molecule has 1 heterocycles. The average Bonchev–Trinajstić information content (AvgIpc) is 2.78. The van der Waals surface area contributed by atoms with Crippen LogP contribution in [-0.4, -0.2) is 37.8 Å². The third kappa shape index (κ3) is 4.83. The van der Waals surface area contributed by atoms with Gasteiger partial charge in [0.15, 0.2) is 0 Å². The van der Waals surface area contributed by atoms with Crippen molar-refractivity contribution in [2.45, 2.75) is 38.5 Å². The minimum absolute atomic E-state index is 0.0352. The minimum atomic E-state index is -3.83. The predicted octanol–water partition coefficient (Wildman–Crippen LogP) is 1.36. The van der Waals surface area contributed by atoms with Crippen LogP contribution in [0.15, 0.2) is 15.4 Å². The van der Waals surface area contributed by atoms with Gasteiger partial charge in [0.1, 0.15) is 10.7 Å². The Hall–Kier alpha value is -1.38. The summed E-state index contributed by atoms with van der Waals surface area (Å²) in [6.07, 6.45) is 1.25. The van der Waals surface area contributed by atoms with Gasteiger partial charge < -0.3 is 14.6 Å². The van der Waals surface area contributed by atoms with Crippen molar-refractivity contribution in [1.82, 2.24) is 4.72 Å². The van der Waals surface area contributed by atoms with Gasteiger partial charge in [0, 0.05) is 19.2 Å². The Morgan fingerprint density at radius 3 is 2.52 bits per heavy atom. The molecule has 0 saturated heterocycles. The van der Waals surface area contributed by atoms with Crippen LogP contribution in [-0.2, 0) is 10.0 Å². The monoisotopic (exact) mass is 319 g/mol. The van der Waals surface area contributed by atoms with Gasteiger partial charge in [0.2, 0.25) is 15.8 Å². The Balaban J connectivity index is 2.85. The van der Waals surface area contributed by atoms with Gasteiger partial charge in [-0.25, -0.2) is 17.9 Å². The predicted molar refractivity (Wildman–Crippen MR) is 75.7 cm³/mol. The van der Waals surface area contributed by atoms with Crippen LogP contribution in [0.1, 0.15) is 43.0 Å². The van der Waals surface area contributed by atoms with E-state index in [2.05, 4.69) is 4.72 Å². The molecule has 0 aliphatic rings. The molecule has 7 nitrogen and oxygen atoms in total. The van der Waals surface area contributed by atoms with Crippen molar-refractivity contribution in [2.75, 3.05) is 13.2 Å². The number of nitrogens with one attached hydrogen (secondary N) is 1. The van der Waals surface area contributed by atoms with Crippen LogP contribution >= 0.6 is 0 Å². The lowest BCUT2D eigenvalue weighted by Crippen LogP contribution is -2.34. The number of aliphatic hydroxyl groups excluding tert-OH is 1. The number of hydrogen-bond acceptors (Lipinski definition) is 5. The molecule has 1 aromatic heterocycles. The van der Waals surface area contributed by atoms with Gasteiger partial charge in [-0.2, -0.15) is 0 Å². The summed E-state index contributed by atoms with van der Waals surface area (Å²) in [5, 5.41) is 17.6. The quantitative estimate of drug-likeness (QED) is 0.666. The van der Waals surface area contributed by atoms with Gasteiger partial charge >= 0.3 is 5.97 Å². The molecule has 0 atom stereocenters. The zero-order chi connectivity index (χ0) is 16.3. The molecule has 0 radical (unpaired) electrons. The second-order valence-corrected chi connectivity index (χ2v) is 7.39. The van der Waals surface area contributed by atoms with Crippen molar-refractivity contribution in [3.8, 4) is 0 Å². The summed E-state index contributed by atoms with van der Waals surface area (Å²) in [7, 11) is -3.83. The number of sulfonamides is 1. The van der Waals surface area contributed by atoms with Crippen LogP contribution in [0.25, 0.3) is 0 Å². The van der Waals surface area contributed by atoms with Crippen LogP contribution in [0.4, 0.5) is 0 Å². The van der Waals surface area contributed by atoms with Crippen LogP contribution in [0.2, 0.25) is 0 Å². The van der Waals surface area contributed by atoms with E-state index in [4.69, 9.17) is 14.6 Å². The third-order valence-corrected chi connectivity index (χ3v) is 4.63. The molecular weight excluding hydrogens is 298 g/mol. The number of hydrogen-bond donors (Lipinski definition) is 3. The Bertz CT molecular complexity index is 602. The molecule has 120 valence electrons. The number of carboxylic acid groups (broad SMARTS) is 1. The van der Waals surface area contributed by atoms with Crippen LogP contribution in [0.5, 0.6) is 0 Å². The summed E-state index contributed by atoms with van der Waals surface area (Å²) in [5.74, 6) is -1.69. The largest absolute Gasteiger partial charge is 0.475 e. The summed E-state index contributed by atoms with van der Waals surface area (Å²) in [4.78, 5) is 10.6. The topological polar surface area (TPSA) is 117 Å². The fourth-order valence-corrected chi connectivity index (χ4v) is 3.27. The first-order valence-corrected chi connectivity index (χ1v) is 8.01. The summed E-state index contributed by atoms with van der Waals surface area (Å²) in [5.41, 5.74) is -0.316. The van der Waals surface area contributed by atoms with E-state index < -0.39 is 21.8 Å². The van der Waals surface area contributed by atoms with E-state index in [-0.39, 0.29) is 29.2 Å². The van der Waals surface area contributed by atoms with Gasteiger partial charge in [-0.05, 0) is 25.2 Å². The van der Waals surface area contributed by atoms with Crippen LogP contribution < -0.4 is 4.72 Å². The first-order valence-electron chi connectivity index (χ1n) is 6.53. The van der Waals surface area contributed by atoms with Crippen molar-refractivity contribution in [3.05, 3.63) is 17.6 Å². The number of rotatable bonds is 8. The Morgan fingerprint density at radius 2 is 2.05 bits per heavy atom. The van der Waals surface area contributed by atoms with Crippen molar-refractivity contribution in [3.63, 3.8) is 0 Å². The maximum Gasteiger partial charge on any atom is 0.371 e. The Kier molecular flexibility index (Phi) is 5.54. The highest BCUT2D eigenvalue weighted by atomic mass is 32.2. The van der Waals surface area contributed by atoms with E-state index in [0.29, 0.717) is 12.8 Å². The maximum absolute atomic E-state index is 12.2. The van der Waals surface area contributed by atoms with Gasteiger partial charge in [-0.3, -0.25) is 0 Å². The first-order chi connectivity index (χ1) is 9.59. The van der Waals surface area contributed by atoms with E-state index in [1.54, 1.807) is 0 Å². The highest BCUT2D eigenvalue weighted by molar-refractivity contribution is 7.89. The zero-order valence-corrected chi connectivity index (χ0v) is 13.2. The highest BCUT2D eigenvalue weighted by Gasteiger charge is 2.26. The van der Waals surface area contributed by atoms with Crippen LogP contribution in [0.3, 0.4) is 0 Å². The first kappa shape index (κ1) is 17.7. The molecule has 0 bridgehead atoms. The molecule has 0 spiro atoms. The lowest BCUT2D eigenvalue weighted by atomic mass is 9.88. The number of carboxylic acids is 1. The second kappa shape index (κ2) is 6.59. The molecule has 0 unspecified atom stereocenters. The number of carbonyl (C=O) groups is 1. The van der Waals surface area contributed by atoms with Crippen molar-refractivity contribution in [2.24, 2.45) is 5.41 Å². The second-order valence-electron chi connectivity index (χ2n) is 5.65. The van der Waals surface area contributed by atoms with Crippen LogP contribution in [0, 0.1) is 12.3 Å². The smallest absolute Gasteiger partial charge is 0.371 e. The number of aliphatic hydroxyl groups is 1. The summed E-state index contributed by atoms with van der Waals surface area (Å²) < 4.78 is 31.8. The van der Waals surface area contributed by atoms with E-state index >= 15 is 0 Å². The van der Waals surface area contributed by atoms with E-state index in [1.807, 2.05) is 13.8 Å². The molecule has 8 heteroatoms. The third-order valence-electron chi connectivity index (χ3n) is 3.12. The van der Waals surface area contributed by atoms with Gasteiger partial charge in [0.25, 0.3) is 0 Å². The Labute approximate surface area is 124 Å². The molecular formula is C13H21NO6S. The number of aryl methyl sites for hydroxylation is 1. The molecule has 1 rings (SSSR count). The normalized spacial score (nSPS) is 12.6. The summed E-state index contributed by atoms with van der Waals surface area (Å²) >= 11 is 0. The van der Waals surface area contributed by atoms with Gasteiger partial charge in [-0.15, -0.1) is 0 Å². The molecule has 0 saturated carbocycles. The van der Waals surface area contributed by atoms with Crippen molar-refractivity contribution in [1.29, 1.82) is 0 Å². The zero-order valence-electron chi connectivity index (χ0n) is 12.3. The number of aromatic carboxylic acids is 1. The fraction of sp³-hybridized carbons (Fsp3) is 0.615. The lowest BCUT2D eigenvalue weighted by molar-refractivity contribution is 0.0661. The molecule has 0 aromatic carbocycles. The highest BCUT2D eigenvalue weighted by Crippen LogP contribution is 2.24. The van der Waals surface area contributed by atoms with Crippen molar-refractivity contribution >= 4 is 16.0 Å². The standard InChI is InChI=1S/C13H21NO6S/c1-9-11(7-10(20-9)12(16)17)21(18,19)14-8-13(2,3)5-4-6-15/h7,14-15H,4-6,8H2,1-3H3,(H,16,17). The molecule has 0 aliphatic heterocycles. The SMILES string of the molecule is Cc1oc(C(=O)O)cc1S(=O)(=O)NCC(C)(C)CCCO. The molecule has 0 aliphatic carbocycles. The molecule has 21 heavy (non-hydrogen) atoms. The average molecular weight is 319 g/mol. The maximum atomic E-state index is 12.2. The molecule has 0 fully saturated rings. The van der Waals surface area contributed by atoms with E-state index in [9.17, 15) is 13.2 Å². The molecule has 1 aromatic rings. The fourth-order valence-electron chi connectivity index (χ4n) is 1.85. The summed E-state index contributed by atoms with van der Waals surface area (Å²) in [6, 6.07) is 1.00. The number of furan rings is 1. The van der Waals surface area contributed by atoms with Crippen molar-refractivity contribution < 1.29 is 27.8 Å². The summed E-state index contributed by atoms with van der Waals surface area (Å²) in [6.45, 7) is 5.41. The molecule has 3 N–H and O–H groups in total. The van der Waals surface area contributed by atoms with E-state index in [1.165, 1.54) is 6.92 Å². The Morgan fingerprint density at radius 1 is 1.43 bits per heavy atom. The van der Waals surface area contributed by atoms with E-state index in [0.717, 1.165) is 6.07 Å².